The quantitative estimate of drug-likeness (QED) is 0.299. The highest BCUT2D eigenvalue weighted by Gasteiger charge is 2.37. The zero-order valence-corrected chi connectivity index (χ0v) is 19.1. The molecule has 1 aromatic heterocycles. The molecule has 1 amide bonds. The number of amides is 1. The van der Waals surface area contributed by atoms with Gasteiger partial charge in [0.2, 0.25) is 5.91 Å². The van der Waals surface area contributed by atoms with E-state index in [1.165, 1.54) is 11.4 Å². The zero-order chi connectivity index (χ0) is 22.8. The second kappa shape index (κ2) is 11.5. The van der Waals surface area contributed by atoms with Gasteiger partial charge in [0.15, 0.2) is 0 Å². The molecular weight excluding hydrogens is 408 g/mol. The molecule has 5 heteroatoms. The van der Waals surface area contributed by atoms with E-state index in [0.29, 0.717) is 6.54 Å². The van der Waals surface area contributed by atoms with Crippen molar-refractivity contribution in [3.8, 4) is 0 Å². The van der Waals surface area contributed by atoms with E-state index >= 15 is 0 Å². The number of hydrogen-bond donors (Lipinski definition) is 1. The molecule has 170 valence electrons. The molecule has 3 aromatic rings. The number of pyridine rings is 1. The molecule has 2 heterocycles. The third-order valence-corrected chi connectivity index (χ3v) is 6.41. The fourth-order valence-electron chi connectivity index (χ4n) is 4.54. The number of nitrogens with one attached hydrogen (secondary N) is 1. The van der Waals surface area contributed by atoms with E-state index in [9.17, 15) is 4.79 Å². The van der Waals surface area contributed by atoms with Gasteiger partial charge >= 0.3 is 0 Å². The van der Waals surface area contributed by atoms with Gasteiger partial charge in [0.1, 0.15) is 24.5 Å². The SMILES string of the molecule is O=C(C=Cc1cccnc1)NCCCCN1CC[N+](c2ccccc2)(c2ccccc2)CC1. The van der Waals surface area contributed by atoms with Gasteiger partial charge in [-0.1, -0.05) is 42.5 Å². The Kier molecular flexibility index (Phi) is 8.01. The van der Waals surface area contributed by atoms with Crippen molar-refractivity contribution < 1.29 is 4.79 Å². The lowest BCUT2D eigenvalue weighted by Crippen LogP contribution is -2.57. The number of carbonyl (C=O) groups excluding carboxylic acids is 1. The first kappa shape index (κ1) is 22.9. The van der Waals surface area contributed by atoms with Crippen molar-refractivity contribution in [3.63, 3.8) is 0 Å². The summed E-state index contributed by atoms with van der Waals surface area (Å²) in [6, 6.07) is 25.6. The number of nitrogens with zero attached hydrogens (tertiary/aromatic N) is 3. The van der Waals surface area contributed by atoms with Crippen LogP contribution in [0.15, 0.2) is 91.3 Å². The van der Waals surface area contributed by atoms with Crippen LogP contribution in [0.25, 0.3) is 6.08 Å². The van der Waals surface area contributed by atoms with Gasteiger partial charge in [0.25, 0.3) is 0 Å². The highest BCUT2D eigenvalue weighted by Crippen LogP contribution is 2.35. The molecule has 0 unspecified atom stereocenters. The van der Waals surface area contributed by atoms with Gasteiger partial charge in [-0.3, -0.25) is 19.2 Å². The molecular formula is C28H33N4O+. The van der Waals surface area contributed by atoms with Crippen LogP contribution in [-0.2, 0) is 4.79 Å². The molecule has 1 N–H and O–H groups in total. The average Bonchev–Trinajstić information content (AvgIpc) is 2.89. The summed E-state index contributed by atoms with van der Waals surface area (Å²) < 4.78 is 0.914. The first-order valence-corrected chi connectivity index (χ1v) is 11.8. The first-order valence-electron chi connectivity index (χ1n) is 11.8. The van der Waals surface area contributed by atoms with E-state index in [2.05, 4.69) is 75.9 Å². The molecule has 33 heavy (non-hydrogen) atoms. The summed E-state index contributed by atoms with van der Waals surface area (Å²) in [5.41, 5.74) is 3.66. The van der Waals surface area contributed by atoms with Crippen molar-refractivity contribution in [2.75, 3.05) is 39.3 Å². The Morgan fingerprint density at radius 3 is 2.18 bits per heavy atom. The Hall–Kier alpha value is -3.28. The second-order valence-corrected chi connectivity index (χ2v) is 8.55. The van der Waals surface area contributed by atoms with Gasteiger partial charge in [-0.15, -0.1) is 0 Å². The van der Waals surface area contributed by atoms with Gasteiger partial charge in [0, 0.05) is 38.1 Å². The Balaban J connectivity index is 1.22. The summed E-state index contributed by atoms with van der Waals surface area (Å²) in [6.45, 7) is 6.07. The molecule has 0 spiro atoms. The molecule has 4 rings (SSSR count). The van der Waals surface area contributed by atoms with Crippen LogP contribution in [0.1, 0.15) is 18.4 Å². The molecule has 0 saturated carbocycles. The first-order chi connectivity index (χ1) is 16.3. The minimum atomic E-state index is -0.0513. The fraction of sp³-hybridized carbons (Fsp3) is 0.286. The van der Waals surface area contributed by atoms with E-state index in [0.717, 1.165) is 55.6 Å². The van der Waals surface area contributed by atoms with E-state index in [-0.39, 0.29) is 5.91 Å². The van der Waals surface area contributed by atoms with Gasteiger partial charge < -0.3 is 5.32 Å². The molecule has 1 fully saturated rings. The number of quaternary nitrogens is 1. The lowest BCUT2D eigenvalue weighted by Gasteiger charge is -2.44. The summed E-state index contributed by atoms with van der Waals surface area (Å²) in [7, 11) is 0. The number of carbonyl (C=O) groups is 1. The normalized spacial score (nSPS) is 16.0. The predicted molar refractivity (Wildman–Crippen MR) is 136 cm³/mol. The molecule has 0 bridgehead atoms. The van der Waals surface area contributed by atoms with Crippen LogP contribution >= 0.6 is 0 Å². The molecule has 0 atom stereocenters. The van der Waals surface area contributed by atoms with Crippen LogP contribution in [0, 0.1) is 0 Å². The Morgan fingerprint density at radius 2 is 1.58 bits per heavy atom. The molecule has 5 nitrogen and oxygen atoms in total. The number of aromatic nitrogens is 1. The predicted octanol–water partition coefficient (Wildman–Crippen LogP) is 4.65. The van der Waals surface area contributed by atoms with Gasteiger partial charge in [0.05, 0.1) is 0 Å². The highest BCUT2D eigenvalue weighted by atomic mass is 16.1. The van der Waals surface area contributed by atoms with Gasteiger partial charge in [-0.2, -0.15) is 0 Å². The second-order valence-electron chi connectivity index (χ2n) is 8.55. The molecule has 1 saturated heterocycles. The average molecular weight is 442 g/mol. The summed E-state index contributed by atoms with van der Waals surface area (Å²) in [4.78, 5) is 18.6. The summed E-state index contributed by atoms with van der Waals surface area (Å²) in [6.07, 6.45) is 8.91. The van der Waals surface area contributed by atoms with Crippen LogP contribution in [0.2, 0.25) is 0 Å². The number of rotatable bonds is 9. The molecule has 0 radical (unpaired) electrons. The van der Waals surface area contributed by atoms with Crippen molar-refractivity contribution >= 4 is 23.4 Å². The number of unbranched alkanes of at least 4 members (excludes halogenated alkanes) is 1. The maximum absolute atomic E-state index is 12.0. The molecule has 1 aliphatic rings. The molecule has 0 aliphatic carbocycles. The summed E-state index contributed by atoms with van der Waals surface area (Å²) in [5, 5.41) is 2.98. The monoisotopic (exact) mass is 441 g/mol. The third-order valence-electron chi connectivity index (χ3n) is 6.41. The molecule has 1 aliphatic heterocycles. The van der Waals surface area contributed by atoms with E-state index < -0.39 is 0 Å². The number of hydrogen-bond acceptors (Lipinski definition) is 3. The van der Waals surface area contributed by atoms with Crippen LogP contribution < -0.4 is 9.80 Å². The van der Waals surface area contributed by atoms with Crippen molar-refractivity contribution in [1.82, 2.24) is 19.7 Å². The van der Waals surface area contributed by atoms with Crippen molar-refractivity contribution in [3.05, 3.63) is 96.8 Å². The minimum Gasteiger partial charge on any atom is -0.353 e. The lowest BCUT2D eigenvalue weighted by molar-refractivity contribution is -0.116. The largest absolute Gasteiger partial charge is 0.353 e. The summed E-state index contributed by atoms with van der Waals surface area (Å²) in [5.74, 6) is -0.0513. The van der Waals surface area contributed by atoms with Gasteiger partial charge in [-0.25, -0.2) is 0 Å². The standard InChI is InChI=1S/C28H32N4O/c33-28(16-15-25-10-9-17-29-24-25)30-18-7-8-19-31-20-22-32(23-21-31,26-11-3-1-4-12-26)27-13-5-2-6-14-27/h1-6,9-17,24H,7-8,18-23H2/p+1. The fourth-order valence-corrected chi connectivity index (χ4v) is 4.54. The van der Waals surface area contributed by atoms with E-state index in [1.807, 2.05) is 12.1 Å². The Labute approximate surface area is 197 Å². The highest BCUT2D eigenvalue weighted by molar-refractivity contribution is 5.91. The third kappa shape index (κ3) is 6.15. The van der Waals surface area contributed by atoms with Crippen LogP contribution in [-0.4, -0.2) is 55.1 Å². The van der Waals surface area contributed by atoms with Crippen LogP contribution in [0.3, 0.4) is 0 Å². The molecule has 2 aromatic carbocycles. The smallest absolute Gasteiger partial charge is 0.243 e. The lowest BCUT2D eigenvalue weighted by atomic mass is 10.1. The maximum Gasteiger partial charge on any atom is 0.243 e. The topological polar surface area (TPSA) is 45.2 Å². The van der Waals surface area contributed by atoms with E-state index in [4.69, 9.17) is 0 Å². The summed E-state index contributed by atoms with van der Waals surface area (Å²) >= 11 is 0. The van der Waals surface area contributed by atoms with Crippen molar-refractivity contribution in [2.24, 2.45) is 0 Å². The minimum absolute atomic E-state index is 0.0513. The van der Waals surface area contributed by atoms with Crippen LogP contribution in [0.4, 0.5) is 11.4 Å². The number of piperazine rings is 1. The van der Waals surface area contributed by atoms with Crippen molar-refractivity contribution in [1.29, 1.82) is 0 Å². The van der Waals surface area contributed by atoms with Crippen molar-refractivity contribution in [2.45, 2.75) is 12.8 Å². The maximum atomic E-state index is 12.0. The van der Waals surface area contributed by atoms with E-state index in [1.54, 1.807) is 24.5 Å². The van der Waals surface area contributed by atoms with Gasteiger partial charge in [-0.05, 0) is 61.4 Å². The number of benzene rings is 2. The number of para-hydroxylation sites is 2. The Bertz CT molecular complexity index is 972. The van der Waals surface area contributed by atoms with Crippen LogP contribution in [0.5, 0.6) is 0 Å². The zero-order valence-electron chi connectivity index (χ0n) is 19.1. The Morgan fingerprint density at radius 1 is 0.909 bits per heavy atom.